The molecule has 0 aromatic heterocycles. The SMILES string of the molecule is CCOc1cccc(CNC23CC4C[C@@](C)(C2)C[C@](C)(C4)C3)c1OCc1ccc(Cl)cc1Cl. The Labute approximate surface area is 208 Å². The lowest BCUT2D eigenvalue weighted by atomic mass is 9.43. The number of rotatable bonds is 8. The zero-order valence-corrected chi connectivity index (χ0v) is 21.5. The quantitative estimate of drug-likeness (QED) is 0.411. The molecule has 3 nitrogen and oxygen atoms in total. The second-order valence-electron chi connectivity index (χ2n) is 11.5. The summed E-state index contributed by atoms with van der Waals surface area (Å²) in [7, 11) is 0. The van der Waals surface area contributed by atoms with E-state index in [0.717, 1.165) is 35.1 Å². The van der Waals surface area contributed by atoms with Gasteiger partial charge in [-0.05, 0) is 80.4 Å². The van der Waals surface area contributed by atoms with Crippen LogP contribution in [0.2, 0.25) is 10.0 Å². The maximum atomic E-state index is 6.39. The maximum absolute atomic E-state index is 6.39. The summed E-state index contributed by atoms with van der Waals surface area (Å²) in [5.74, 6) is 2.45. The van der Waals surface area contributed by atoms with Gasteiger partial charge in [-0.15, -0.1) is 0 Å². The van der Waals surface area contributed by atoms with Crippen LogP contribution in [0.1, 0.15) is 70.4 Å². The van der Waals surface area contributed by atoms with Crippen LogP contribution in [0.15, 0.2) is 36.4 Å². The highest BCUT2D eigenvalue weighted by molar-refractivity contribution is 6.35. The normalized spacial score (nSPS) is 32.2. The zero-order valence-electron chi connectivity index (χ0n) is 20.0. The Hall–Kier alpha value is -1.42. The van der Waals surface area contributed by atoms with Crippen molar-refractivity contribution in [2.24, 2.45) is 16.7 Å². The van der Waals surface area contributed by atoms with Gasteiger partial charge >= 0.3 is 0 Å². The second-order valence-corrected chi connectivity index (χ2v) is 12.3. The Morgan fingerprint density at radius 2 is 1.70 bits per heavy atom. The number of halogens is 2. The molecule has 33 heavy (non-hydrogen) atoms. The van der Waals surface area contributed by atoms with Crippen LogP contribution in [0.5, 0.6) is 11.5 Å². The average Bonchev–Trinajstić information content (AvgIpc) is 2.70. The fourth-order valence-corrected chi connectivity index (χ4v) is 8.31. The van der Waals surface area contributed by atoms with E-state index in [-0.39, 0.29) is 5.54 Å². The molecular weight excluding hydrogens is 453 g/mol. The van der Waals surface area contributed by atoms with Crippen LogP contribution in [0.25, 0.3) is 0 Å². The molecule has 4 aliphatic carbocycles. The Balaban J connectivity index is 1.36. The topological polar surface area (TPSA) is 30.5 Å². The van der Waals surface area contributed by atoms with E-state index < -0.39 is 0 Å². The zero-order chi connectivity index (χ0) is 23.3. The summed E-state index contributed by atoms with van der Waals surface area (Å²) in [6, 6.07) is 11.7. The summed E-state index contributed by atoms with van der Waals surface area (Å²) in [4.78, 5) is 0. The van der Waals surface area contributed by atoms with E-state index in [0.29, 0.717) is 34.1 Å². The van der Waals surface area contributed by atoms with Gasteiger partial charge in [-0.25, -0.2) is 0 Å². The lowest BCUT2D eigenvalue weighted by molar-refractivity contribution is -0.118. The van der Waals surface area contributed by atoms with E-state index in [1.54, 1.807) is 6.07 Å². The van der Waals surface area contributed by atoms with Gasteiger partial charge in [0.2, 0.25) is 0 Å². The Morgan fingerprint density at radius 1 is 0.939 bits per heavy atom. The third-order valence-corrected chi connectivity index (χ3v) is 8.61. The van der Waals surface area contributed by atoms with Crippen molar-refractivity contribution < 1.29 is 9.47 Å². The first-order valence-corrected chi connectivity index (χ1v) is 13.0. The fraction of sp³-hybridized carbons (Fsp3) is 0.571. The van der Waals surface area contributed by atoms with E-state index in [1.165, 1.54) is 38.5 Å². The molecule has 0 aliphatic heterocycles. The number of para-hydroxylation sites is 1. The second kappa shape index (κ2) is 8.66. The monoisotopic (exact) mass is 487 g/mol. The highest BCUT2D eigenvalue weighted by Crippen LogP contribution is 2.66. The van der Waals surface area contributed by atoms with Gasteiger partial charge in [0.05, 0.1) is 6.61 Å². The lowest BCUT2D eigenvalue weighted by Gasteiger charge is -2.65. The molecule has 0 saturated heterocycles. The molecule has 0 spiro atoms. The molecule has 4 aliphatic rings. The van der Waals surface area contributed by atoms with Crippen LogP contribution in [-0.4, -0.2) is 12.1 Å². The van der Waals surface area contributed by atoms with E-state index in [1.807, 2.05) is 25.1 Å². The van der Waals surface area contributed by atoms with Gasteiger partial charge in [-0.3, -0.25) is 0 Å². The third-order valence-electron chi connectivity index (χ3n) is 8.03. The van der Waals surface area contributed by atoms with Gasteiger partial charge in [-0.2, -0.15) is 0 Å². The minimum absolute atomic E-state index is 0.237. The molecule has 2 unspecified atom stereocenters. The van der Waals surface area contributed by atoms with Gasteiger partial charge in [-0.1, -0.05) is 55.2 Å². The van der Waals surface area contributed by atoms with E-state index >= 15 is 0 Å². The highest BCUT2D eigenvalue weighted by atomic mass is 35.5. The summed E-state index contributed by atoms with van der Waals surface area (Å²) < 4.78 is 12.3. The first-order valence-electron chi connectivity index (χ1n) is 12.3. The summed E-state index contributed by atoms with van der Waals surface area (Å²) in [5, 5.41) is 5.28. The Kier molecular flexibility index (Phi) is 6.12. The summed E-state index contributed by atoms with van der Waals surface area (Å²) in [5.41, 5.74) is 3.25. The molecule has 0 amide bonds. The van der Waals surface area contributed by atoms with Crippen LogP contribution in [0, 0.1) is 16.7 Å². The van der Waals surface area contributed by atoms with Crippen molar-refractivity contribution in [3.05, 3.63) is 57.6 Å². The smallest absolute Gasteiger partial charge is 0.166 e. The molecule has 4 atom stereocenters. The molecule has 6 rings (SSSR count). The molecular formula is C28H35Cl2NO2. The first-order chi connectivity index (χ1) is 15.7. The first kappa shape index (κ1) is 23.3. The third kappa shape index (κ3) is 4.74. The van der Waals surface area contributed by atoms with Gasteiger partial charge in [0, 0.05) is 33.3 Å². The Bertz CT molecular complexity index is 1020. The van der Waals surface area contributed by atoms with Crippen molar-refractivity contribution in [3.63, 3.8) is 0 Å². The lowest BCUT2D eigenvalue weighted by Crippen LogP contribution is -2.63. The summed E-state index contributed by atoms with van der Waals surface area (Å²) >= 11 is 12.5. The fourth-order valence-electron chi connectivity index (χ4n) is 7.85. The molecule has 2 aromatic rings. The highest BCUT2D eigenvalue weighted by Gasteiger charge is 2.59. The molecule has 4 bridgehead atoms. The molecule has 4 saturated carbocycles. The number of hydrogen-bond acceptors (Lipinski definition) is 3. The number of nitrogens with one attached hydrogen (secondary N) is 1. The van der Waals surface area contributed by atoms with E-state index in [4.69, 9.17) is 32.7 Å². The largest absolute Gasteiger partial charge is 0.490 e. The Morgan fingerprint density at radius 3 is 2.36 bits per heavy atom. The molecule has 0 radical (unpaired) electrons. The molecule has 178 valence electrons. The molecule has 4 fully saturated rings. The summed E-state index contributed by atoms with van der Waals surface area (Å²) in [6.45, 7) is 8.79. The molecule has 0 heterocycles. The predicted octanol–water partition coefficient (Wildman–Crippen LogP) is 7.81. The van der Waals surface area contributed by atoms with Crippen molar-refractivity contribution in [2.45, 2.75) is 78.0 Å². The number of benzene rings is 2. The van der Waals surface area contributed by atoms with Gasteiger partial charge < -0.3 is 14.8 Å². The van der Waals surface area contributed by atoms with Crippen molar-refractivity contribution in [2.75, 3.05) is 6.61 Å². The predicted molar refractivity (Wildman–Crippen MR) is 135 cm³/mol. The van der Waals surface area contributed by atoms with Crippen molar-refractivity contribution in [1.29, 1.82) is 0 Å². The van der Waals surface area contributed by atoms with Crippen molar-refractivity contribution in [3.8, 4) is 11.5 Å². The number of hydrogen-bond donors (Lipinski definition) is 1. The standard InChI is InChI=1S/C28H35Cl2NO2/c1-4-32-24-7-5-6-20(25(24)33-15-21-8-9-22(29)10-23(21)30)14-31-28-13-19-11-26(2,17-28)16-27(3,12-19)18-28/h5-10,19,31H,4,11-18H2,1-3H3/t19?,26-,27+,28?. The minimum Gasteiger partial charge on any atom is -0.490 e. The van der Waals surface area contributed by atoms with Gasteiger partial charge in [0.15, 0.2) is 11.5 Å². The van der Waals surface area contributed by atoms with Gasteiger partial charge in [0.25, 0.3) is 0 Å². The minimum atomic E-state index is 0.237. The van der Waals surface area contributed by atoms with Crippen LogP contribution in [-0.2, 0) is 13.2 Å². The van der Waals surface area contributed by atoms with E-state index in [2.05, 4.69) is 31.3 Å². The van der Waals surface area contributed by atoms with E-state index in [9.17, 15) is 0 Å². The van der Waals surface area contributed by atoms with Crippen LogP contribution in [0.3, 0.4) is 0 Å². The number of ether oxygens (including phenoxy) is 2. The van der Waals surface area contributed by atoms with Crippen LogP contribution in [0.4, 0.5) is 0 Å². The summed E-state index contributed by atoms with van der Waals surface area (Å²) in [6.07, 6.45) is 8.07. The molecule has 1 N–H and O–H groups in total. The maximum Gasteiger partial charge on any atom is 0.166 e. The van der Waals surface area contributed by atoms with Crippen LogP contribution < -0.4 is 14.8 Å². The van der Waals surface area contributed by atoms with Gasteiger partial charge in [0.1, 0.15) is 6.61 Å². The van der Waals surface area contributed by atoms with Crippen LogP contribution >= 0.6 is 23.2 Å². The van der Waals surface area contributed by atoms with Crippen molar-refractivity contribution in [1.82, 2.24) is 5.32 Å². The molecule has 2 aromatic carbocycles. The average molecular weight is 488 g/mol. The van der Waals surface area contributed by atoms with Crippen molar-refractivity contribution >= 4 is 23.2 Å². The molecule has 5 heteroatoms.